The molecule has 4 heteroatoms. The number of rotatable bonds is 6. The Morgan fingerprint density at radius 1 is 1.03 bits per heavy atom. The molecular weight excluding hydrogens is 388 g/mol. The van der Waals surface area contributed by atoms with E-state index in [2.05, 4.69) is 20.8 Å². The Morgan fingerprint density at radius 3 is 2.48 bits per heavy atom. The van der Waals surface area contributed by atoms with Crippen LogP contribution in [-0.4, -0.2) is 25.2 Å². The lowest BCUT2D eigenvalue weighted by Crippen LogP contribution is -2.62. The van der Waals surface area contributed by atoms with E-state index in [1.807, 2.05) is 6.92 Å². The van der Waals surface area contributed by atoms with Gasteiger partial charge in [0.25, 0.3) is 0 Å². The molecule has 8 unspecified atom stereocenters. The molecule has 176 valence electrons. The van der Waals surface area contributed by atoms with Gasteiger partial charge in [-0.05, 0) is 92.3 Å². The second-order valence-electron chi connectivity index (χ2n) is 12.2. The first kappa shape index (κ1) is 23.1. The zero-order valence-corrected chi connectivity index (χ0v) is 20.5. The first-order chi connectivity index (χ1) is 14.6. The van der Waals surface area contributed by atoms with Crippen LogP contribution in [0.5, 0.6) is 0 Å². The first-order valence-corrected chi connectivity index (χ1v) is 12.9. The van der Waals surface area contributed by atoms with Crippen molar-refractivity contribution in [2.75, 3.05) is 13.2 Å². The molecule has 0 radical (unpaired) electrons. The van der Waals surface area contributed by atoms with Crippen LogP contribution in [0.25, 0.3) is 0 Å². The average molecular weight is 433 g/mol. The fourth-order valence-electron chi connectivity index (χ4n) is 8.73. The highest BCUT2D eigenvalue weighted by Gasteiger charge is 2.64. The van der Waals surface area contributed by atoms with Crippen molar-refractivity contribution < 1.29 is 19.1 Å². The van der Waals surface area contributed by atoms with Crippen molar-refractivity contribution in [1.29, 1.82) is 0 Å². The van der Waals surface area contributed by atoms with Crippen LogP contribution in [0.1, 0.15) is 98.8 Å². The second kappa shape index (κ2) is 8.37. The van der Waals surface area contributed by atoms with E-state index in [0.717, 1.165) is 12.3 Å². The van der Waals surface area contributed by atoms with Crippen molar-refractivity contribution in [2.45, 2.75) is 98.8 Å². The Hall–Kier alpha value is -1.06. The molecule has 0 aromatic heterocycles. The van der Waals surface area contributed by atoms with Crippen molar-refractivity contribution in [3.05, 3.63) is 0 Å². The van der Waals surface area contributed by atoms with Crippen molar-refractivity contribution in [3.63, 3.8) is 0 Å². The van der Waals surface area contributed by atoms with E-state index in [1.165, 1.54) is 64.7 Å². The van der Waals surface area contributed by atoms with Crippen molar-refractivity contribution >= 4 is 11.9 Å². The average Bonchev–Trinajstić information content (AvgIpc) is 2.75. The van der Waals surface area contributed by atoms with Crippen LogP contribution >= 0.6 is 0 Å². The highest BCUT2D eigenvalue weighted by atomic mass is 16.5. The fourth-order valence-corrected chi connectivity index (χ4v) is 8.73. The number of hydrogen-bond acceptors (Lipinski definition) is 4. The van der Waals surface area contributed by atoms with Gasteiger partial charge in [-0.25, -0.2) is 0 Å². The quantitative estimate of drug-likeness (QED) is 0.471. The van der Waals surface area contributed by atoms with E-state index in [9.17, 15) is 9.59 Å². The Bertz CT molecular complexity index is 703. The van der Waals surface area contributed by atoms with Gasteiger partial charge in [-0.15, -0.1) is 0 Å². The maximum absolute atomic E-state index is 12.4. The molecule has 1 spiro atoms. The standard InChI is InChI=1S/C27H44O4/c1-6-18(2)24(29)31-17-25(4)10-7-11-26(5)22(25)9-13-27-12-8-20(14-23(26)27)21(15-27)16-30-19(3)28/h18,20-23H,6-17H2,1-5H3. The third kappa shape index (κ3) is 3.95. The monoisotopic (exact) mass is 432 g/mol. The summed E-state index contributed by atoms with van der Waals surface area (Å²) in [5.41, 5.74) is 0.890. The molecular formula is C27H44O4. The van der Waals surface area contributed by atoms with Crippen molar-refractivity contribution in [1.82, 2.24) is 0 Å². The number of fused-ring (bicyclic) bond motifs is 3. The largest absolute Gasteiger partial charge is 0.466 e. The van der Waals surface area contributed by atoms with Gasteiger partial charge in [0, 0.05) is 12.3 Å². The minimum Gasteiger partial charge on any atom is -0.466 e. The lowest BCUT2D eigenvalue weighted by Gasteiger charge is -2.69. The van der Waals surface area contributed by atoms with E-state index >= 15 is 0 Å². The normalized spacial score (nSPS) is 44.7. The van der Waals surface area contributed by atoms with Crippen molar-refractivity contribution in [3.8, 4) is 0 Å². The van der Waals surface area contributed by atoms with Crippen LogP contribution in [0.3, 0.4) is 0 Å². The van der Waals surface area contributed by atoms with Crippen LogP contribution in [0, 0.1) is 45.8 Å². The summed E-state index contributed by atoms with van der Waals surface area (Å²) in [6, 6.07) is 0. The summed E-state index contributed by atoms with van der Waals surface area (Å²) < 4.78 is 11.4. The zero-order chi connectivity index (χ0) is 22.4. The van der Waals surface area contributed by atoms with E-state index in [-0.39, 0.29) is 23.3 Å². The summed E-state index contributed by atoms with van der Waals surface area (Å²) in [6.07, 6.45) is 12.4. The third-order valence-electron chi connectivity index (χ3n) is 10.5. The zero-order valence-electron chi connectivity index (χ0n) is 20.5. The molecule has 0 N–H and O–H groups in total. The smallest absolute Gasteiger partial charge is 0.308 e. The van der Waals surface area contributed by atoms with Crippen molar-refractivity contribution in [2.24, 2.45) is 45.8 Å². The fraction of sp³-hybridized carbons (Fsp3) is 0.926. The van der Waals surface area contributed by atoms with Crippen LogP contribution in [0.15, 0.2) is 0 Å². The number of esters is 2. The van der Waals surface area contributed by atoms with Crippen LogP contribution in [0.2, 0.25) is 0 Å². The Balaban J connectivity index is 1.51. The summed E-state index contributed by atoms with van der Waals surface area (Å²) in [6.45, 7) is 11.8. The molecule has 0 aromatic carbocycles. The lowest BCUT2D eigenvalue weighted by molar-refractivity contribution is -0.209. The summed E-state index contributed by atoms with van der Waals surface area (Å²) in [7, 11) is 0. The number of ether oxygens (including phenoxy) is 2. The Labute approximate surface area is 189 Å². The Kier molecular flexibility index (Phi) is 6.24. The highest BCUT2D eigenvalue weighted by Crippen LogP contribution is 2.72. The van der Waals surface area contributed by atoms with Gasteiger partial charge >= 0.3 is 11.9 Å². The molecule has 0 aromatic rings. The molecule has 31 heavy (non-hydrogen) atoms. The third-order valence-corrected chi connectivity index (χ3v) is 10.5. The maximum Gasteiger partial charge on any atom is 0.308 e. The van der Waals surface area contributed by atoms with E-state index in [1.54, 1.807) is 0 Å². The molecule has 0 amide bonds. The molecule has 0 heterocycles. The van der Waals surface area contributed by atoms with Gasteiger partial charge in [0.2, 0.25) is 0 Å². The number of hydrogen-bond donors (Lipinski definition) is 0. The van der Waals surface area contributed by atoms with Gasteiger partial charge in [-0.1, -0.05) is 34.1 Å². The predicted molar refractivity (Wildman–Crippen MR) is 121 cm³/mol. The van der Waals surface area contributed by atoms with Gasteiger partial charge < -0.3 is 9.47 Å². The van der Waals surface area contributed by atoms with Gasteiger partial charge in [-0.3, -0.25) is 9.59 Å². The molecule has 4 nitrogen and oxygen atoms in total. The topological polar surface area (TPSA) is 52.6 Å². The lowest BCUT2D eigenvalue weighted by atomic mass is 9.36. The highest BCUT2D eigenvalue weighted by molar-refractivity contribution is 5.71. The molecule has 0 aliphatic heterocycles. The van der Waals surface area contributed by atoms with Crippen LogP contribution in [0.4, 0.5) is 0 Å². The molecule has 5 aliphatic carbocycles. The SMILES string of the molecule is CCC(C)C(=O)OCC1(C)CCCC2(C)C1CCC13CCC(CC12)C(COC(C)=O)C3. The summed E-state index contributed by atoms with van der Waals surface area (Å²) in [5, 5.41) is 0. The van der Waals surface area contributed by atoms with Crippen LogP contribution < -0.4 is 0 Å². The molecule has 5 rings (SSSR count). The van der Waals surface area contributed by atoms with Gasteiger partial charge in [0.05, 0.1) is 19.1 Å². The number of carbonyl (C=O) groups excluding carboxylic acids is 2. The maximum atomic E-state index is 12.4. The van der Waals surface area contributed by atoms with Crippen LogP contribution in [-0.2, 0) is 19.1 Å². The molecule has 5 aliphatic rings. The second-order valence-corrected chi connectivity index (χ2v) is 12.2. The summed E-state index contributed by atoms with van der Waals surface area (Å²) >= 11 is 0. The minimum absolute atomic E-state index is 0.00330. The summed E-state index contributed by atoms with van der Waals surface area (Å²) in [4.78, 5) is 23.8. The minimum atomic E-state index is -0.138. The summed E-state index contributed by atoms with van der Waals surface area (Å²) in [5.74, 6) is 2.51. The van der Waals surface area contributed by atoms with Gasteiger partial charge in [-0.2, -0.15) is 0 Å². The van der Waals surface area contributed by atoms with Gasteiger partial charge in [0.1, 0.15) is 0 Å². The van der Waals surface area contributed by atoms with E-state index in [4.69, 9.17) is 9.47 Å². The van der Waals surface area contributed by atoms with E-state index in [0.29, 0.717) is 41.8 Å². The molecule has 0 saturated heterocycles. The molecule has 2 bridgehead atoms. The molecule has 5 fully saturated rings. The van der Waals surface area contributed by atoms with E-state index < -0.39 is 0 Å². The Morgan fingerprint density at radius 2 is 1.77 bits per heavy atom. The first-order valence-electron chi connectivity index (χ1n) is 12.9. The molecule has 8 atom stereocenters. The van der Waals surface area contributed by atoms with Gasteiger partial charge in [0.15, 0.2) is 0 Å². The molecule has 5 saturated carbocycles. The predicted octanol–water partition coefficient (Wildman–Crippen LogP) is 6.17. The number of carbonyl (C=O) groups is 2.